The van der Waals surface area contributed by atoms with Gasteiger partial charge in [0.15, 0.2) is 0 Å². The fourth-order valence-corrected chi connectivity index (χ4v) is 3.04. The van der Waals surface area contributed by atoms with E-state index >= 15 is 0 Å². The largest absolute Gasteiger partial charge is 0.365 e. The number of carbonyl (C=O) groups is 1. The number of anilines is 1. The van der Waals surface area contributed by atoms with Crippen molar-refractivity contribution in [2.24, 2.45) is 0 Å². The number of hydrogen-bond acceptors (Lipinski definition) is 3. The number of aryl methyl sites for hydroxylation is 2. The third kappa shape index (κ3) is 3.50. The highest BCUT2D eigenvalue weighted by atomic mass is 19.1. The molecule has 2 amide bonds. The molecule has 0 radical (unpaired) electrons. The van der Waals surface area contributed by atoms with Crippen LogP contribution in [0, 0.1) is 19.7 Å². The van der Waals surface area contributed by atoms with Crippen LogP contribution < -0.4 is 10.2 Å². The van der Waals surface area contributed by atoms with E-state index in [1.165, 1.54) is 12.1 Å². The average Bonchev–Trinajstić information content (AvgIpc) is 2.93. The fraction of sp³-hybridized carbons (Fsp3) is 0.412. The Balaban J connectivity index is 1.51. The first-order chi connectivity index (χ1) is 11.5. The van der Waals surface area contributed by atoms with Gasteiger partial charge in [-0.1, -0.05) is 12.1 Å². The first kappa shape index (κ1) is 16.3. The maximum atomic E-state index is 12.9. The van der Waals surface area contributed by atoms with Gasteiger partial charge in [-0.3, -0.25) is 5.10 Å². The Hall–Kier alpha value is -2.57. The van der Waals surface area contributed by atoms with E-state index in [9.17, 15) is 9.18 Å². The van der Waals surface area contributed by atoms with Crippen molar-refractivity contribution in [3.05, 3.63) is 47.0 Å². The Kier molecular flexibility index (Phi) is 4.69. The lowest BCUT2D eigenvalue weighted by atomic mass is 10.2. The van der Waals surface area contributed by atoms with Crippen molar-refractivity contribution in [3.8, 4) is 0 Å². The standard InChI is InChI=1S/C17H22FN5O/c1-12-16(13(2)21-20-12)22-7-9-23(10-8-22)17(24)19-11-14-3-5-15(18)6-4-14/h3-6H,7-11H2,1-2H3,(H,19,24)(H,20,21). The summed E-state index contributed by atoms with van der Waals surface area (Å²) < 4.78 is 12.9. The van der Waals surface area contributed by atoms with E-state index in [0.717, 1.165) is 35.7 Å². The zero-order valence-corrected chi connectivity index (χ0v) is 14.0. The molecule has 0 aliphatic carbocycles. The van der Waals surface area contributed by atoms with Crippen LogP contribution in [0.4, 0.5) is 14.9 Å². The van der Waals surface area contributed by atoms with Crippen molar-refractivity contribution in [1.82, 2.24) is 20.4 Å². The van der Waals surface area contributed by atoms with Gasteiger partial charge in [0.05, 0.1) is 17.1 Å². The Bertz CT molecular complexity index is 685. The number of urea groups is 1. The van der Waals surface area contributed by atoms with Gasteiger partial charge in [0.25, 0.3) is 0 Å². The molecule has 0 saturated carbocycles. The molecule has 0 unspecified atom stereocenters. The van der Waals surface area contributed by atoms with Gasteiger partial charge in [-0.25, -0.2) is 9.18 Å². The van der Waals surface area contributed by atoms with E-state index in [4.69, 9.17) is 0 Å². The second-order valence-electron chi connectivity index (χ2n) is 6.04. The molecule has 2 aromatic rings. The van der Waals surface area contributed by atoms with Crippen LogP contribution in [-0.4, -0.2) is 47.3 Å². The molecule has 1 aliphatic heterocycles. The summed E-state index contributed by atoms with van der Waals surface area (Å²) in [6, 6.07) is 6.07. The number of hydrogen-bond donors (Lipinski definition) is 2. The molecule has 6 nitrogen and oxygen atoms in total. The quantitative estimate of drug-likeness (QED) is 0.906. The van der Waals surface area contributed by atoms with Gasteiger partial charge in [-0.2, -0.15) is 5.10 Å². The maximum Gasteiger partial charge on any atom is 0.317 e. The van der Waals surface area contributed by atoms with Crippen LogP contribution in [0.25, 0.3) is 0 Å². The van der Waals surface area contributed by atoms with Gasteiger partial charge in [0, 0.05) is 32.7 Å². The van der Waals surface area contributed by atoms with Gasteiger partial charge in [0.2, 0.25) is 0 Å². The summed E-state index contributed by atoms with van der Waals surface area (Å²) in [7, 11) is 0. The van der Waals surface area contributed by atoms with E-state index in [0.29, 0.717) is 19.6 Å². The van der Waals surface area contributed by atoms with E-state index in [1.54, 1.807) is 12.1 Å². The molecule has 24 heavy (non-hydrogen) atoms. The predicted octanol–water partition coefficient (Wildman–Crippen LogP) is 2.20. The highest BCUT2D eigenvalue weighted by molar-refractivity contribution is 5.74. The van der Waals surface area contributed by atoms with Gasteiger partial charge >= 0.3 is 6.03 Å². The van der Waals surface area contributed by atoms with Crippen LogP contribution in [0.3, 0.4) is 0 Å². The Morgan fingerprint density at radius 2 is 1.88 bits per heavy atom. The van der Waals surface area contributed by atoms with E-state index in [2.05, 4.69) is 20.4 Å². The summed E-state index contributed by atoms with van der Waals surface area (Å²) in [5.41, 5.74) is 4.07. The zero-order chi connectivity index (χ0) is 17.1. The monoisotopic (exact) mass is 331 g/mol. The van der Waals surface area contributed by atoms with Crippen LogP contribution in [0.1, 0.15) is 17.0 Å². The number of aromatic nitrogens is 2. The summed E-state index contributed by atoms with van der Waals surface area (Å²) in [6.45, 7) is 7.30. The molecule has 1 aliphatic rings. The number of amides is 2. The molecule has 3 rings (SSSR count). The van der Waals surface area contributed by atoms with Crippen LogP contribution in [-0.2, 0) is 6.54 Å². The lowest BCUT2D eigenvalue weighted by Gasteiger charge is -2.36. The topological polar surface area (TPSA) is 64.3 Å². The first-order valence-corrected chi connectivity index (χ1v) is 8.08. The summed E-state index contributed by atoms with van der Waals surface area (Å²) in [5.74, 6) is -0.272. The molecule has 0 spiro atoms. The van der Waals surface area contributed by atoms with Crippen molar-refractivity contribution in [2.45, 2.75) is 20.4 Å². The van der Waals surface area contributed by atoms with Crippen molar-refractivity contribution in [1.29, 1.82) is 0 Å². The Morgan fingerprint density at radius 1 is 1.21 bits per heavy atom. The minimum absolute atomic E-state index is 0.0837. The van der Waals surface area contributed by atoms with E-state index in [-0.39, 0.29) is 11.8 Å². The van der Waals surface area contributed by atoms with Gasteiger partial charge < -0.3 is 15.1 Å². The SMILES string of the molecule is Cc1n[nH]c(C)c1N1CCN(C(=O)NCc2ccc(F)cc2)CC1. The second kappa shape index (κ2) is 6.90. The number of nitrogens with zero attached hydrogens (tertiary/aromatic N) is 3. The van der Waals surface area contributed by atoms with Gasteiger partial charge in [0.1, 0.15) is 5.82 Å². The Morgan fingerprint density at radius 3 is 2.46 bits per heavy atom. The van der Waals surface area contributed by atoms with Crippen LogP contribution >= 0.6 is 0 Å². The number of benzene rings is 1. The molecule has 7 heteroatoms. The fourth-order valence-electron chi connectivity index (χ4n) is 3.04. The first-order valence-electron chi connectivity index (χ1n) is 8.08. The molecule has 1 saturated heterocycles. The number of rotatable bonds is 3. The molecule has 0 bridgehead atoms. The normalized spacial score (nSPS) is 14.8. The number of halogens is 1. The number of carbonyl (C=O) groups excluding carboxylic acids is 1. The number of aromatic amines is 1. The van der Waals surface area contributed by atoms with Crippen LogP contribution in [0.15, 0.2) is 24.3 Å². The molecule has 128 valence electrons. The molecule has 2 N–H and O–H groups in total. The highest BCUT2D eigenvalue weighted by Crippen LogP contribution is 2.23. The summed E-state index contributed by atoms with van der Waals surface area (Å²) in [5, 5.41) is 10.1. The van der Waals surface area contributed by atoms with E-state index in [1.807, 2.05) is 18.7 Å². The van der Waals surface area contributed by atoms with Gasteiger partial charge in [-0.05, 0) is 31.5 Å². The highest BCUT2D eigenvalue weighted by Gasteiger charge is 2.23. The lowest BCUT2D eigenvalue weighted by molar-refractivity contribution is 0.194. The maximum absolute atomic E-state index is 12.9. The molecular formula is C17H22FN5O. The minimum atomic E-state index is -0.272. The van der Waals surface area contributed by atoms with Crippen molar-refractivity contribution in [2.75, 3.05) is 31.1 Å². The number of H-pyrrole nitrogens is 1. The van der Waals surface area contributed by atoms with E-state index < -0.39 is 0 Å². The molecule has 1 aromatic carbocycles. The van der Waals surface area contributed by atoms with Crippen molar-refractivity contribution >= 4 is 11.7 Å². The molecule has 0 atom stereocenters. The predicted molar refractivity (Wildman–Crippen MR) is 90.5 cm³/mol. The van der Waals surface area contributed by atoms with Crippen LogP contribution in [0.2, 0.25) is 0 Å². The van der Waals surface area contributed by atoms with Gasteiger partial charge in [-0.15, -0.1) is 0 Å². The summed E-state index contributed by atoms with van der Waals surface area (Å²) in [6.07, 6.45) is 0. The average molecular weight is 331 g/mol. The van der Waals surface area contributed by atoms with Crippen molar-refractivity contribution in [3.63, 3.8) is 0 Å². The lowest BCUT2D eigenvalue weighted by Crippen LogP contribution is -2.51. The number of piperazine rings is 1. The summed E-state index contributed by atoms with van der Waals surface area (Å²) >= 11 is 0. The second-order valence-corrected chi connectivity index (χ2v) is 6.04. The third-order valence-electron chi connectivity index (χ3n) is 4.33. The molecular weight excluding hydrogens is 309 g/mol. The van der Waals surface area contributed by atoms with Crippen molar-refractivity contribution < 1.29 is 9.18 Å². The molecule has 1 fully saturated rings. The molecule has 2 heterocycles. The smallest absolute Gasteiger partial charge is 0.317 e. The molecule has 1 aromatic heterocycles. The third-order valence-corrected chi connectivity index (χ3v) is 4.33. The Labute approximate surface area is 140 Å². The number of nitrogens with one attached hydrogen (secondary N) is 2. The zero-order valence-electron chi connectivity index (χ0n) is 14.0. The summed E-state index contributed by atoms with van der Waals surface area (Å²) in [4.78, 5) is 16.3. The minimum Gasteiger partial charge on any atom is -0.365 e. The van der Waals surface area contributed by atoms with Crippen LogP contribution in [0.5, 0.6) is 0 Å².